The van der Waals surface area contributed by atoms with E-state index in [0.29, 0.717) is 16.3 Å². The van der Waals surface area contributed by atoms with Gasteiger partial charge in [0.25, 0.3) is 0 Å². The van der Waals surface area contributed by atoms with Crippen LogP contribution in [0.15, 0.2) is 12.3 Å². The summed E-state index contributed by atoms with van der Waals surface area (Å²) in [5.74, 6) is 0.344. The molecular weight excluding hydrogens is 238 g/mol. The van der Waals surface area contributed by atoms with Gasteiger partial charge in [-0.2, -0.15) is 0 Å². The van der Waals surface area contributed by atoms with Crippen molar-refractivity contribution in [3.05, 3.63) is 17.3 Å². The van der Waals surface area contributed by atoms with E-state index in [0.717, 1.165) is 0 Å². The monoisotopic (exact) mass is 254 g/mol. The van der Waals surface area contributed by atoms with Crippen LogP contribution in [0.25, 0.3) is 0 Å². The maximum Gasteiger partial charge on any atom is 0.500 e. The fourth-order valence-electron chi connectivity index (χ4n) is 1.66. The van der Waals surface area contributed by atoms with Gasteiger partial charge in [-0.3, -0.25) is 0 Å². The van der Waals surface area contributed by atoms with Crippen LogP contribution < -0.4 is 11.2 Å². The molecule has 92 valence electrons. The van der Waals surface area contributed by atoms with E-state index in [4.69, 9.17) is 26.6 Å². The number of pyridine rings is 1. The van der Waals surface area contributed by atoms with E-state index in [2.05, 4.69) is 4.98 Å². The summed E-state index contributed by atoms with van der Waals surface area (Å²) < 4.78 is 11.8. The molecule has 1 aliphatic rings. The molecule has 17 heavy (non-hydrogen) atoms. The SMILES string of the molecule is CC1(C)OB(c2c(Cl)ccnc2N)OC1(C)C. The lowest BCUT2D eigenvalue weighted by Crippen LogP contribution is -2.41. The van der Waals surface area contributed by atoms with Crippen LogP contribution in [0.5, 0.6) is 0 Å². The molecule has 0 bridgehead atoms. The fraction of sp³-hybridized carbons (Fsp3) is 0.545. The summed E-state index contributed by atoms with van der Waals surface area (Å²) in [6, 6.07) is 1.68. The van der Waals surface area contributed by atoms with Crippen LogP contribution in [0, 0.1) is 0 Å². The molecule has 0 unspecified atom stereocenters. The summed E-state index contributed by atoms with van der Waals surface area (Å²) in [6.07, 6.45) is 1.56. The third-order valence-corrected chi connectivity index (χ3v) is 3.79. The second kappa shape index (κ2) is 3.87. The predicted octanol–water partition coefficient (Wildman–Crippen LogP) is 1.62. The molecule has 1 aliphatic heterocycles. The van der Waals surface area contributed by atoms with Gasteiger partial charge in [0.15, 0.2) is 0 Å². The maximum atomic E-state index is 6.12. The molecule has 0 saturated carbocycles. The number of nitrogen functional groups attached to an aromatic ring is 1. The van der Waals surface area contributed by atoms with Crippen LogP contribution in [-0.4, -0.2) is 23.3 Å². The molecule has 0 aromatic carbocycles. The molecule has 1 aromatic rings. The first-order chi connectivity index (χ1) is 7.74. The quantitative estimate of drug-likeness (QED) is 0.774. The number of nitrogens with two attached hydrogens (primary N) is 1. The largest absolute Gasteiger partial charge is 0.500 e. The molecular formula is C11H16BClN2O2. The Balaban J connectivity index is 2.39. The molecule has 1 saturated heterocycles. The Morgan fingerprint density at radius 2 is 1.76 bits per heavy atom. The average Bonchev–Trinajstić information content (AvgIpc) is 2.35. The van der Waals surface area contributed by atoms with E-state index in [1.807, 2.05) is 27.7 Å². The number of aromatic nitrogens is 1. The lowest BCUT2D eigenvalue weighted by Gasteiger charge is -2.32. The number of nitrogens with zero attached hydrogens (tertiary/aromatic N) is 1. The zero-order chi connectivity index (χ0) is 12.8. The van der Waals surface area contributed by atoms with E-state index < -0.39 is 18.3 Å². The van der Waals surface area contributed by atoms with Gasteiger partial charge in [-0.05, 0) is 33.8 Å². The standard InChI is InChI=1S/C11H16BClN2O2/c1-10(2)11(3,4)17-12(16-10)8-7(13)5-6-15-9(8)14/h5-6H,1-4H3,(H2,14,15). The van der Waals surface area contributed by atoms with Crippen molar-refractivity contribution < 1.29 is 9.31 Å². The Kier molecular flexibility index (Phi) is 2.88. The van der Waals surface area contributed by atoms with E-state index in [9.17, 15) is 0 Å². The van der Waals surface area contributed by atoms with Gasteiger partial charge in [-0.25, -0.2) is 4.98 Å². The summed E-state index contributed by atoms with van der Waals surface area (Å²) in [4.78, 5) is 4.01. The second-order valence-corrected chi connectivity index (χ2v) is 5.59. The molecule has 6 heteroatoms. The van der Waals surface area contributed by atoms with Crippen molar-refractivity contribution in [1.82, 2.24) is 4.98 Å². The molecule has 2 heterocycles. The lowest BCUT2D eigenvalue weighted by molar-refractivity contribution is 0.00578. The third kappa shape index (κ3) is 2.03. The number of halogens is 1. The van der Waals surface area contributed by atoms with Crippen LogP contribution >= 0.6 is 11.6 Å². The number of hydrogen-bond acceptors (Lipinski definition) is 4. The van der Waals surface area contributed by atoms with E-state index in [1.165, 1.54) is 0 Å². The van der Waals surface area contributed by atoms with Gasteiger partial charge in [0.1, 0.15) is 5.82 Å². The zero-order valence-electron chi connectivity index (χ0n) is 10.5. The van der Waals surface area contributed by atoms with Crippen LogP contribution in [0.3, 0.4) is 0 Å². The predicted molar refractivity (Wildman–Crippen MR) is 69.4 cm³/mol. The van der Waals surface area contributed by atoms with Gasteiger partial charge in [0, 0.05) is 16.7 Å². The molecule has 2 N–H and O–H groups in total. The van der Waals surface area contributed by atoms with Crippen molar-refractivity contribution in [2.45, 2.75) is 38.9 Å². The van der Waals surface area contributed by atoms with Gasteiger partial charge in [-0.1, -0.05) is 11.6 Å². The van der Waals surface area contributed by atoms with Gasteiger partial charge in [0.2, 0.25) is 0 Å². The molecule has 1 aromatic heterocycles. The van der Waals surface area contributed by atoms with Gasteiger partial charge in [-0.15, -0.1) is 0 Å². The highest BCUT2D eigenvalue weighted by atomic mass is 35.5. The second-order valence-electron chi connectivity index (χ2n) is 5.18. The van der Waals surface area contributed by atoms with Crippen LogP contribution in [0.2, 0.25) is 5.02 Å². The fourth-order valence-corrected chi connectivity index (χ4v) is 1.90. The first-order valence-corrected chi connectivity index (χ1v) is 5.88. The number of hydrogen-bond donors (Lipinski definition) is 1. The molecule has 0 radical (unpaired) electrons. The van der Waals surface area contributed by atoms with Crippen molar-refractivity contribution in [2.24, 2.45) is 0 Å². The van der Waals surface area contributed by atoms with Crippen LogP contribution in [0.1, 0.15) is 27.7 Å². The van der Waals surface area contributed by atoms with Crippen LogP contribution in [0.4, 0.5) is 5.82 Å². The third-order valence-electron chi connectivity index (χ3n) is 3.46. The summed E-state index contributed by atoms with van der Waals surface area (Å²) in [7, 11) is -0.568. The van der Waals surface area contributed by atoms with Crippen molar-refractivity contribution in [3.8, 4) is 0 Å². The normalized spacial score (nSPS) is 21.8. The average molecular weight is 255 g/mol. The smallest absolute Gasteiger partial charge is 0.399 e. The topological polar surface area (TPSA) is 57.4 Å². The van der Waals surface area contributed by atoms with E-state index in [1.54, 1.807) is 12.3 Å². The highest BCUT2D eigenvalue weighted by Gasteiger charge is 2.52. The minimum Gasteiger partial charge on any atom is -0.399 e. The van der Waals surface area contributed by atoms with Gasteiger partial charge in [0.05, 0.1) is 11.2 Å². The molecule has 2 rings (SSSR count). The van der Waals surface area contributed by atoms with Crippen molar-refractivity contribution in [2.75, 3.05) is 5.73 Å². The summed E-state index contributed by atoms with van der Waals surface area (Å²) in [6.45, 7) is 7.92. The van der Waals surface area contributed by atoms with E-state index in [-0.39, 0.29) is 0 Å². The van der Waals surface area contributed by atoms with Crippen molar-refractivity contribution in [1.29, 1.82) is 0 Å². The number of anilines is 1. The Labute approximate surface area is 107 Å². The summed E-state index contributed by atoms with van der Waals surface area (Å²) >= 11 is 6.12. The Morgan fingerprint density at radius 1 is 1.24 bits per heavy atom. The lowest BCUT2D eigenvalue weighted by atomic mass is 9.79. The van der Waals surface area contributed by atoms with E-state index >= 15 is 0 Å². The summed E-state index contributed by atoms with van der Waals surface area (Å²) in [5.41, 5.74) is 5.60. The van der Waals surface area contributed by atoms with Crippen molar-refractivity contribution in [3.63, 3.8) is 0 Å². The Morgan fingerprint density at radius 3 is 2.24 bits per heavy atom. The zero-order valence-corrected chi connectivity index (χ0v) is 11.2. The molecule has 0 spiro atoms. The summed E-state index contributed by atoms with van der Waals surface area (Å²) in [5, 5.41) is 0.510. The van der Waals surface area contributed by atoms with Crippen LogP contribution in [-0.2, 0) is 9.31 Å². The molecule has 0 atom stereocenters. The first-order valence-electron chi connectivity index (χ1n) is 5.50. The minimum atomic E-state index is -0.568. The molecule has 0 aliphatic carbocycles. The Bertz CT molecular complexity index is 415. The number of rotatable bonds is 1. The maximum absolute atomic E-state index is 6.12. The van der Waals surface area contributed by atoms with Crippen molar-refractivity contribution >= 4 is 30.0 Å². The minimum absolute atomic E-state index is 0.344. The molecule has 4 nitrogen and oxygen atoms in total. The highest BCUT2D eigenvalue weighted by molar-refractivity contribution is 6.67. The first kappa shape index (κ1) is 12.7. The molecule has 0 amide bonds. The Hall–Kier alpha value is -0.775. The molecule has 1 fully saturated rings. The van der Waals surface area contributed by atoms with Gasteiger partial charge < -0.3 is 15.0 Å². The highest BCUT2D eigenvalue weighted by Crippen LogP contribution is 2.37. The van der Waals surface area contributed by atoms with Gasteiger partial charge >= 0.3 is 7.12 Å².